The van der Waals surface area contributed by atoms with Crippen LogP contribution in [0.15, 0.2) is 41.6 Å². The van der Waals surface area contributed by atoms with Crippen LogP contribution in [0.2, 0.25) is 0 Å². The Hall–Kier alpha value is -1.32. The van der Waals surface area contributed by atoms with Gasteiger partial charge in [-0.1, -0.05) is 36.2 Å². The summed E-state index contributed by atoms with van der Waals surface area (Å²) in [6, 6.07) is 11.4. The average molecular weight is 300 g/mol. The average Bonchev–Trinajstić information content (AvgIpc) is 2.45. The molecule has 1 aromatic carbocycles. The van der Waals surface area contributed by atoms with E-state index in [-0.39, 0.29) is 0 Å². The van der Waals surface area contributed by atoms with Crippen LogP contribution in [0.1, 0.15) is 42.1 Å². The molecule has 21 heavy (non-hydrogen) atoms. The van der Waals surface area contributed by atoms with Crippen molar-refractivity contribution in [3.05, 3.63) is 58.8 Å². The van der Waals surface area contributed by atoms with Crippen LogP contribution in [0.4, 0.5) is 0 Å². The molecule has 2 rings (SSSR count). The van der Waals surface area contributed by atoms with E-state index in [0.29, 0.717) is 6.04 Å². The number of thioether (sulfide) groups is 1. The van der Waals surface area contributed by atoms with Crippen molar-refractivity contribution >= 4 is 11.8 Å². The van der Waals surface area contributed by atoms with Gasteiger partial charge in [-0.2, -0.15) is 0 Å². The lowest BCUT2D eigenvalue weighted by molar-refractivity contribution is 0.596. The Labute approximate surface area is 132 Å². The third-order valence-electron chi connectivity index (χ3n) is 3.44. The predicted molar refractivity (Wildman–Crippen MR) is 91.8 cm³/mol. The molecule has 2 nitrogen and oxygen atoms in total. The van der Waals surface area contributed by atoms with Gasteiger partial charge < -0.3 is 5.32 Å². The van der Waals surface area contributed by atoms with Crippen molar-refractivity contribution in [2.24, 2.45) is 0 Å². The van der Waals surface area contributed by atoms with E-state index in [1.807, 2.05) is 6.20 Å². The fourth-order valence-electron chi connectivity index (χ4n) is 2.51. The second-order valence-corrected chi connectivity index (χ2v) is 6.49. The molecule has 0 saturated heterocycles. The number of pyridine rings is 1. The molecule has 0 bridgehead atoms. The molecule has 0 spiro atoms. The Balaban J connectivity index is 2.04. The number of hydrogen-bond acceptors (Lipinski definition) is 3. The van der Waals surface area contributed by atoms with Crippen LogP contribution < -0.4 is 5.32 Å². The summed E-state index contributed by atoms with van der Waals surface area (Å²) in [5, 5.41) is 4.53. The van der Waals surface area contributed by atoms with Crippen LogP contribution in [0.25, 0.3) is 0 Å². The Morgan fingerprint density at radius 2 is 1.86 bits per heavy atom. The molecule has 0 amide bonds. The molecule has 0 aliphatic rings. The first-order valence-electron chi connectivity index (χ1n) is 7.47. The van der Waals surface area contributed by atoms with Crippen LogP contribution >= 0.6 is 11.8 Å². The van der Waals surface area contributed by atoms with Crippen molar-refractivity contribution in [3.8, 4) is 0 Å². The number of hydrogen-bond donors (Lipinski definition) is 1. The third-order valence-corrected chi connectivity index (χ3v) is 4.43. The van der Waals surface area contributed by atoms with Crippen LogP contribution in [0.3, 0.4) is 0 Å². The van der Waals surface area contributed by atoms with Crippen molar-refractivity contribution in [2.45, 2.75) is 44.5 Å². The van der Waals surface area contributed by atoms with Gasteiger partial charge in [0, 0.05) is 18.0 Å². The molecule has 0 saturated carbocycles. The summed E-state index contributed by atoms with van der Waals surface area (Å²) >= 11 is 1.80. The van der Waals surface area contributed by atoms with Gasteiger partial charge in [0.25, 0.3) is 0 Å². The zero-order chi connectivity index (χ0) is 15.2. The lowest BCUT2D eigenvalue weighted by Gasteiger charge is -2.13. The molecule has 0 aliphatic carbocycles. The van der Waals surface area contributed by atoms with Crippen LogP contribution in [-0.2, 0) is 5.75 Å². The molecular weight excluding hydrogens is 276 g/mol. The van der Waals surface area contributed by atoms with Gasteiger partial charge in [-0.25, -0.2) is 4.98 Å². The predicted octanol–water partition coefficient (Wildman–Crippen LogP) is 4.66. The number of nitrogens with one attached hydrogen (secondary N) is 1. The highest BCUT2D eigenvalue weighted by Gasteiger charge is 2.06. The Bertz CT molecular complexity index is 575. The molecule has 1 N–H and O–H groups in total. The SMILES string of the molecule is CCNC(C)c1ccnc(SCc2cc(C)cc(C)c2)c1. The van der Waals surface area contributed by atoms with Crippen molar-refractivity contribution in [1.29, 1.82) is 0 Å². The quantitative estimate of drug-likeness (QED) is 0.785. The summed E-state index contributed by atoms with van der Waals surface area (Å²) in [6.07, 6.45) is 1.91. The number of nitrogens with zero attached hydrogens (tertiary/aromatic N) is 1. The lowest BCUT2D eigenvalue weighted by Crippen LogP contribution is -2.17. The van der Waals surface area contributed by atoms with Crippen molar-refractivity contribution in [2.75, 3.05) is 6.54 Å². The van der Waals surface area contributed by atoms with Crippen LogP contribution in [-0.4, -0.2) is 11.5 Å². The molecular formula is C18H24N2S. The van der Waals surface area contributed by atoms with Gasteiger partial charge in [-0.05, 0) is 50.6 Å². The summed E-state index contributed by atoms with van der Waals surface area (Å²) in [5.74, 6) is 0.967. The van der Waals surface area contributed by atoms with Gasteiger partial charge in [0.05, 0.1) is 5.03 Å². The number of aromatic nitrogens is 1. The first kappa shape index (κ1) is 16.1. The van der Waals surface area contributed by atoms with E-state index in [4.69, 9.17) is 0 Å². The van der Waals surface area contributed by atoms with E-state index < -0.39 is 0 Å². The molecule has 2 aromatic rings. The van der Waals surface area contributed by atoms with Crippen molar-refractivity contribution in [3.63, 3.8) is 0 Å². The van der Waals surface area contributed by atoms with Gasteiger partial charge in [0.15, 0.2) is 0 Å². The summed E-state index contributed by atoms with van der Waals surface area (Å²) in [7, 11) is 0. The molecule has 1 atom stereocenters. The van der Waals surface area contributed by atoms with E-state index in [2.05, 4.69) is 68.3 Å². The van der Waals surface area contributed by atoms with Gasteiger partial charge in [0.2, 0.25) is 0 Å². The molecule has 1 aromatic heterocycles. The molecule has 3 heteroatoms. The number of rotatable bonds is 6. The molecule has 0 aliphatic heterocycles. The highest BCUT2D eigenvalue weighted by molar-refractivity contribution is 7.98. The first-order valence-corrected chi connectivity index (χ1v) is 8.46. The highest BCUT2D eigenvalue weighted by Crippen LogP contribution is 2.24. The molecule has 0 fully saturated rings. The standard InChI is InChI=1S/C18H24N2S/c1-5-19-15(4)17-6-7-20-18(11-17)21-12-16-9-13(2)8-14(3)10-16/h6-11,15,19H,5,12H2,1-4H3. The monoisotopic (exact) mass is 300 g/mol. The maximum atomic E-state index is 4.48. The normalized spacial score (nSPS) is 12.4. The minimum atomic E-state index is 0.374. The summed E-state index contributed by atoms with van der Waals surface area (Å²) < 4.78 is 0. The smallest absolute Gasteiger partial charge is 0.0966 e. The molecule has 0 radical (unpaired) electrons. The van der Waals surface area contributed by atoms with Crippen LogP contribution in [0, 0.1) is 13.8 Å². The van der Waals surface area contributed by atoms with Gasteiger partial charge in [0.1, 0.15) is 0 Å². The van der Waals surface area contributed by atoms with E-state index in [9.17, 15) is 0 Å². The van der Waals surface area contributed by atoms with E-state index in [1.54, 1.807) is 11.8 Å². The fourth-order valence-corrected chi connectivity index (χ4v) is 3.34. The first-order chi connectivity index (χ1) is 10.1. The van der Waals surface area contributed by atoms with E-state index in [0.717, 1.165) is 17.3 Å². The molecule has 112 valence electrons. The molecule has 1 heterocycles. The fraction of sp³-hybridized carbons (Fsp3) is 0.389. The summed E-state index contributed by atoms with van der Waals surface area (Å²) in [6.45, 7) is 9.61. The van der Waals surface area contributed by atoms with Gasteiger partial charge >= 0.3 is 0 Å². The Kier molecular flexibility index (Phi) is 5.83. The highest BCUT2D eigenvalue weighted by atomic mass is 32.2. The maximum absolute atomic E-state index is 4.48. The molecule has 1 unspecified atom stereocenters. The third kappa shape index (κ3) is 4.87. The number of benzene rings is 1. The van der Waals surface area contributed by atoms with Crippen molar-refractivity contribution in [1.82, 2.24) is 10.3 Å². The minimum absolute atomic E-state index is 0.374. The maximum Gasteiger partial charge on any atom is 0.0966 e. The van der Waals surface area contributed by atoms with E-state index >= 15 is 0 Å². The van der Waals surface area contributed by atoms with Crippen LogP contribution in [0.5, 0.6) is 0 Å². The Morgan fingerprint density at radius 3 is 2.52 bits per heavy atom. The van der Waals surface area contributed by atoms with E-state index in [1.165, 1.54) is 22.3 Å². The Morgan fingerprint density at radius 1 is 1.14 bits per heavy atom. The van der Waals surface area contributed by atoms with Gasteiger partial charge in [-0.15, -0.1) is 11.8 Å². The summed E-state index contributed by atoms with van der Waals surface area (Å²) in [5.41, 5.74) is 5.32. The number of aryl methyl sites for hydroxylation is 2. The largest absolute Gasteiger partial charge is 0.310 e. The van der Waals surface area contributed by atoms with Crippen molar-refractivity contribution < 1.29 is 0 Å². The second kappa shape index (κ2) is 7.62. The van der Waals surface area contributed by atoms with Gasteiger partial charge in [-0.3, -0.25) is 0 Å². The minimum Gasteiger partial charge on any atom is -0.310 e. The topological polar surface area (TPSA) is 24.9 Å². The summed E-state index contributed by atoms with van der Waals surface area (Å²) in [4.78, 5) is 4.48. The zero-order valence-electron chi connectivity index (χ0n) is 13.3. The second-order valence-electron chi connectivity index (χ2n) is 5.49. The lowest BCUT2D eigenvalue weighted by atomic mass is 10.1. The zero-order valence-corrected chi connectivity index (χ0v) is 14.1.